The van der Waals surface area contributed by atoms with Crippen molar-refractivity contribution in [2.45, 2.75) is 84.2 Å². The van der Waals surface area contributed by atoms with Gasteiger partial charge in [0.05, 0.1) is 6.61 Å². The Kier molecular flexibility index (Phi) is 9.16. The molecule has 1 aromatic carbocycles. The zero-order valence-corrected chi connectivity index (χ0v) is 21.7. The van der Waals surface area contributed by atoms with E-state index in [0.717, 1.165) is 31.6 Å². The van der Waals surface area contributed by atoms with Crippen LogP contribution in [0.4, 0.5) is 0 Å². The molecule has 5 heteroatoms. The lowest BCUT2D eigenvalue weighted by molar-refractivity contribution is -0.0877. The number of rotatable bonds is 12. The third kappa shape index (κ3) is 7.22. The fourth-order valence-electron chi connectivity index (χ4n) is 2.96. The molecule has 0 saturated carbocycles. The van der Waals surface area contributed by atoms with Crippen molar-refractivity contribution < 1.29 is 13.9 Å². The minimum atomic E-state index is -1.70. The van der Waals surface area contributed by atoms with Crippen molar-refractivity contribution in [1.82, 2.24) is 0 Å². The summed E-state index contributed by atoms with van der Waals surface area (Å²) < 4.78 is 18.9. The fraction of sp³-hybridized carbons (Fsp3) is 0.600. The number of ether oxygens (including phenoxy) is 2. The average molecular weight is 449 g/mol. The fourth-order valence-corrected chi connectivity index (χ4v) is 4.66. The van der Waals surface area contributed by atoms with Gasteiger partial charge in [0.1, 0.15) is 18.0 Å². The first kappa shape index (κ1) is 25.1. The van der Waals surface area contributed by atoms with Gasteiger partial charge in [0, 0.05) is 6.61 Å². The van der Waals surface area contributed by atoms with E-state index in [1.54, 1.807) is 11.3 Å². The number of benzene rings is 1. The third-order valence-corrected chi connectivity index (χ3v) is 11.7. The van der Waals surface area contributed by atoms with Crippen LogP contribution in [0.1, 0.15) is 58.6 Å². The standard InChI is InChI=1S/C25H40O3SSi/c1-8-25(9-2,27-18-22-14-16-29-19-22)20-26-23-12-10-11-21(17-23)13-15-28-30(6,7)24(3,4)5/h10-12,14,16-17,19H,8-9,13,15,18,20H2,1-7H3. The lowest BCUT2D eigenvalue weighted by Gasteiger charge is -2.36. The molecule has 0 N–H and O–H groups in total. The molecule has 0 spiro atoms. The monoisotopic (exact) mass is 448 g/mol. The van der Waals surface area contributed by atoms with Gasteiger partial charge in [0.2, 0.25) is 0 Å². The molecule has 0 aliphatic rings. The molecule has 0 aliphatic heterocycles. The SMILES string of the molecule is CCC(CC)(COc1cccc(CCO[Si](C)(C)C(C)(C)C)c1)OCc1ccsc1. The van der Waals surface area contributed by atoms with Gasteiger partial charge in [-0.15, -0.1) is 0 Å². The van der Waals surface area contributed by atoms with Gasteiger partial charge in [-0.3, -0.25) is 0 Å². The maximum absolute atomic E-state index is 6.33. The lowest BCUT2D eigenvalue weighted by atomic mass is 9.98. The molecule has 3 nitrogen and oxygen atoms in total. The molecule has 30 heavy (non-hydrogen) atoms. The van der Waals surface area contributed by atoms with Crippen molar-refractivity contribution >= 4 is 19.7 Å². The number of hydrogen-bond acceptors (Lipinski definition) is 4. The highest BCUT2D eigenvalue weighted by Crippen LogP contribution is 2.36. The maximum Gasteiger partial charge on any atom is 0.191 e. The van der Waals surface area contributed by atoms with Crippen LogP contribution in [0.3, 0.4) is 0 Å². The zero-order chi connectivity index (χ0) is 22.3. The van der Waals surface area contributed by atoms with Gasteiger partial charge in [-0.05, 0) is 77.5 Å². The van der Waals surface area contributed by atoms with Crippen LogP contribution in [0, 0.1) is 0 Å². The molecule has 0 unspecified atom stereocenters. The molecule has 0 aliphatic carbocycles. The summed E-state index contributed by atoms with van der Waals surface area (Å²) in [5, 5.41) is 4.48. The predicted octanol–water partition coefficient (Wildman–Crippen LogP) is 7.47. The zero-order valence-electron chi connectivity index (χ0n) is 19.9. The van der Waals surface area contributed by atoms with E-state index in [9.17, 15) is 0 Å². The molecule has 168 valence electrons. The van der Waals surface area contributed by atoms with Gasteiger partial charge in [-0.25, -0.2) is 0 Å². The quantitative estimate of drug-likeness (QED) is 0.315. The van der Waals surface area contributed by atoms with Crippen molar-refractivity contribution in [3.05, 3.63) is 52.2 Å². The Morgan fingerprint density at radius 1 is 1.00 bits per heavy atom. The molecule has 0 bridgehead atoms. The van der Waals surface area contributed by atoms with Crippen LogP contribution >= 0.6 is 11.3 Å². The summed E-state index contributed by atoms with van der Waals surface area (Å²) in [5.41, 5.74) is 2.22. The smallest absolute Gasteiger partial charge is 0.191 e. The van der Waals surface area contributed by atoms with Crippen molar-refractivity contribution in [1.29, 1.82) is 0 Å². The van der Waals surface area contributed by atoms with Gasteiger partial charge in [0.15, 0.2) is 8.32 Å². The third-order valence-electron chi connectivity index (χ3n) is 6.47. The van der Waals surface area contributed by atoms with Gasteiger partial charge in [-0.2, -0.15) is 11.3 Å². The van der Waals surface area contributed by atoms with E-state index in [4.69, 9.17) is 13.9 Å². The summed E-state index contributed by atoms with van der Waals surface area (Å²) >= 11 is 1.71. The Morgan fingerprint density at radius 3 is 2.33 bits per heavy atom. The van der Waals surface area contributed by atoms with Crippen LogP contribution in [0.25, 0.3) is 0 Å². The highest BCUT2D eigenvalue weighted by molar-refractivity contribution is 7.07. The highest BCUT2D eigenvalue weighted by Gasteiger charge is 2.36. The van der Waals surface area contributed by atoms with Gasteiger partial charge < -0.3 is 13.9 Å². The van der Waals surface area contributed by atoms with E-state index in [1.165, 1.54) is 11.1 Å². The second kappa shape index (κ2) is 10.9. The second-order valence-corrected chi connectivity index (χ2v) is 15.2. The largest absolute Gasteiger partial charge is 0.491 e. The van der Waals surface area contributed by atoms with E-state index in [0.29, 0.717) is 13.2 Å². The van der Waals surface area contributed by atoms with Gasteiger partial charge in [-0.1, -0.05) is 46.8 Å². The van der Waals surface area contributed by atoms with E-state index in [1.807, 2.05) is 6.07 Å². The summed E-state index contributed by atoms with van der Waals surface area (Å²) in [6.07, 6.45) is 2.76. The Balaban J connectivity index is 1.91. The topological polar surface area (TPSA) is 27.7 Å². The Bertz CT molecular complexity index is 746. The van der Waals surface area contributed by atoms with Crippen LogP contribution in [-0.2, 0) is 22.2 Å². The molecule has 1 heterocycles. The predicted molar refractivity (Wildman–Crippen MR) is 131 cm³/mol. The van der Waals surface area contributed by atoms with Crippen molar-refractivity contribution in [3.63, 3.8) is 0 Å². The average Bonchev–Trinajstić information content (AvgIpc) is 3.22. The van der Waals surface area contributed by atoms with Crippen LogP contribution in [0.5, 0.6) is 5.75 Å². The molecule has 0 fully saturated rings. The van der Waals surface area contributed by atoms with Crippen LogP contribution < -0.4 is 4.74 Å². The summed E-state index contributed by atoms with van der Waals surface area (Å²) in [6.45, 7) is 17.8. The molecule has 1 aromatic heterocycles. The first-order valence-electron chi connectivity index (χ1n) is 11.1. The molecule has 0 atom stereocenters. The van der Waals surface area contributed by atoms with E-state index in [2.05, 4.69) is 82.7 Å². The number of thiophene rings is 1. The van der Waals surface area contributed by atoms with Crippen LogP contribution in [-0.4, -0.2) is 27.1 Å². The van der Waals surface area contributed by atoms with E-state index >= 15 is 0 Å². The van der Waals surface area contributed by atoms with E-state index in [-0.39, 0.29) is 10.6 Å². The lowest BCUT2D eigenvalue weighted by Crippen LogP contribution is -2.41. The van der Waals surface area contributed by atoms with Gasteiger partial charge in [0.25, 0.3) is 0 Å². The first-order chi connectivity index (χ1) is 14.1. The van der Waals surface area contributed by atoms with Gasteiger partial charge >= 0.3 is 0 Å². The Morgan fingerprint density at radius 2 is 1.73 bits per heavy atom. The summed E-state index contributed by atoms with van der Waals surface area (Å²) in [7, 11) is -1.70. The summed E-state index contributed by atoms with van der Waals surface area (Å²) in [5.74, 6) is 0.908. The first-order valence-corrected chi connectivity index (χ1v) is 15.0. The molecule has 0 amide bonds. The van der Waals surface area contributed by atoms with Crippen molar-refractivity contribution in [2.75, 3.05) is 13.2 Å². The molecular formula is C25H40O3SSi. The molecular weight excluding hydrogens is 408 g/mol. The highest BCUT2D eigenvalue weighted by atomic mass is 32.1. The normalized spacial score (nSPS) is 12.9. The molecule has 0 saturated heterocycles. The van der Waals surface area contributed by atoms with Crippen molar-refractivity contribution in [3.8, 4) is 5.75 Å². The Hall–Kier alpha value is -1.14. The minimum absolute atomic E-state index is 0.241. The number of hydrogen-bond donors (Lipinski definition) is 0. The molecule has 2 aromatic rings. The molecule has 0 radical (unpaired) electrons. The summed E-state index contributed by atoms with van der Waals surface area (Å²) in [6, 6.07) is 10.5. The van der Waals surface area contributed by atoms with E-state index < -0.39 is 8.32 Å². The van der Waals surface area contributed by atoms with Crippen molar-refractivity contribution in [2.24, 2.45) is 0 Å². The second-order valence-electron chi connectivity index (χ2n) is 9.61. The minimum Gasteiger partial charge on any atom is -0.491 e. The molecule has 2 rings (SSSR count). The van der Waals surface area contributed by atoms with Crippen LogP contribution in [0.2, 0.25) is 18.1 Å². The Labute approximate surface area is 188 Å². The summed E-state index contributed by atoms with van der Waals surface area (Å²) in [4.78, 5) is 0. The maximum atomic E-state index is 6.33. The van der Waals surface area contributed by atoms with Crippen LogP contribution in [0.15, 0.2) is 41.1 Å².